The Morgan fingerprint density at radius 1 is 1.26 bits per heavy atom. The van der Waals surface area contributed by atoms with E-state index in [1.165, 1.54) is 0 Å². The lowest BCUT2D eigenvalue weighted by Gasteiger charge is -2.40. The zero-order valence-corrected chi connectivity index (χ0v) is 10.6. The number of amides is 1. The van der Waals surface area contributed by atoms with Crippen molar-refractivity contribution in [2.45, 2.75) is 31.4 Å². The van der Waals surface area contributed by atoms with E-state index >= 15 is 0 Å². The Bertz CT molecular complexity index is 448. The van der Waals surface area contributed by atoms with Crippen LogP contribution in [0.25, 0.3) is 0 Å². The molecule has 0 aliphatic carbocycles. The third kappa shape index (κ3) is 2.91. The van der Waals surface area contributed by atoms with Crippen molar-refractivity contribution in [2.24, 2.45) is 0 Å². The van der Waals surface area contributed by atoms with Gasteiger partial charge in [-0.05, 0) is 29.9 Å². The predicted octanol–water partition coefficient (Wildman–Crippen LogP) is 2.93. The van der Waals surface area contributed by atoms with Crippen LogP contribution in [0.2, 0.25) is 0 Å². The van der Waals surface area contributed by atoms with Crippen molar-refractivity contribution in [2.75, 3.05) is 13.1 Å². The van der Waals surface area contributed by atoms with Crippen LogP contribution < -0.4 is 0 Å². The smallest absolute Gasteiger partial charge is 0.335 e. The second-order valence-electron chi connectivity index (χ2n) is 5.14. The normalized spacial score (nSPS) is 19.3. The van der Waals surface area contributed by atoms with E-state index in [1.54, 1.807) is 12.1 Å². The van der Waals surface area contributed by atoms with Crippen LogP contribution in [0.3, 0.4) is 0 Å². The lowest BCUT2D eigenvalue weighted by molar-refractivity contribution is -0.186. The Morgan fingerprint density at radius 3 is 2.26 bits per heavy atom. The largest absolute Gasteiger partial charge is 0.471 e. The first kappa shape index (κ1) is 13.9. The molecule has 1 heterocycles. The zero-order chi connectivity index (χ0) is 14.1. The number of benzene rings is 1. The van der Waals surface area contributed by atoms with Crippen molar-refractivity contribution in [1.29, 1.82) is 0 Å². The fourth-order valence-corrected chi connectivity index (χ4v) is 2.46. The Morgan fingerprint density at radius 2 is 1.79 bits per heavy atom. The highest BCUT2D eigenvalue weighted by Crippen LogP contribution is 2.35. The molecule has 1 radical (unpaired) electrons. The van der Waals surface area contributed by atoms with Gasteiger partial charge >= 0.3 is 12.1 Å². The number of nitrogens with zero attached hydrogens (tertiary/aromatic N) is 1. The molecule has 0 saturated carbocycles. The van der Waals surface area contributed by atoms with Gasteiger partial charge in [-0.3, -0.25) is 4.79 Å². The number of carbonyl (C=O) groups is 1. The first-order valence-electron chi connectivity index (χ1n) is 6.16. The molecule has 1 aromatic rings. The minimum absolute atomic E-state index is 0.146. The van der Waals surface area contributed by atoms with Crippen LogP contribution in [0.15, 0.2) is 24.3 Å². The molecule has 0 N–H and O–H groups in total. The Hall–Kier alpha value is -1.52. The van der Waals surface area contributed by atoms with Crippen molar-refractivity contribution in [3.8, 4) is 0 Å². The molecule has 0 aromatic heterocycles. The van der Waals surface area contributed by atoms with Gasteiger partial charge in [0.25, 0.3) is 0 Å². The van der Waals surface area contributed by atoms with Crippen LogP contribution >= 0.6 is 0 Å². The summed E-state index contributed by atoms with van der Waals surface area (Å²) in [6.45, 7) is 2.32. The summed E-state index contributed by atoms with van der Waals surface area (Å²) in [5, 5.41) is 0. The van der Waals surface area contributed by atoms with E-state index in [4.69, 9.17) is 0 Å². The summed E-state index contributed by atoms with van der Waals surface area (Å²) in [5.74, 6) is -1.73. The second kappa shape index (κ2) is 4.87. The molecule has 0 unspecified atom stereocenters. The SMILES string of the molecule is CC1(c2cc[c]cc2)CCN(C(=O)C(F)(F)F)CC1. The highest BCUT2D eigenvalue weighted by Gasteiger charge is 2.44. The van der Waals surface area contributed by atoms with Crippen molar-refractivity contribution in [1.82, 2.24) is 4.90 Å². The van der Waals surface area contributed by atoms with E-state index in [1.807, 2.05) is 19.1 Å². The van der Waals surface area contributed by atoms with E-state index in [0.717, 1.165) is 10.5 Å². The molecule has 1 saturated heterocycles. The number of rotatable bonds is 1. The van der Waals surface area contributed by atoms with Gasteiger partial charge in [-0.15, -0.1) is 0 Å². The maximum Gasteiger partial charge on any atom is 0.471 e. The van der Waals surface area contributed by atoms with Gasteiger partial charge in [0.2, 0.25) is 0 Å². The van der Waals surface area contributed by atoms with Gasteiger partial charge in [0.05, 0.1) is 0 Å². The van der Waals surface area contributed by atoms with Crippen molar-refractivity contribution in [3.05, 3.63) is 35.9 Å². The van der Waals surface area contributed by atoms with Gasteiger partial charge in [0.1, 0.15) is 0 Å². The topological polar surface area (TPSA) is 20.3 Å². The summed E-state index contributed by atoms with van der Waals surface area (Å²) in [6.07, 6.45) is -3.69. The highest BCUT2D eigenvalue weighted by atomic mass is 19.4. The molecule has 2 nitrogen and oxygen atoms in total. The van der Waals surface area contributed by atoms with E-state index in [2.05, 4.69) is 6.07 Å². The summed E-state index contributed by atoms with van der Waals surface area (Å²) < 4.78 is 37.1. The Labute approximate surface area is 110 Å². The number of hydrogen-bond acceptors (Lipinski definition) is 1. The van der Waals surface area contributed by atoms with E-state index < -0.39 is 12.1 Å². The molecule has 5 heteroatoms. The number of alkyl halides is 3. The second-order valence-corrected chi connectivity index (χ2v) is 5.14. The molecule has 1 fully saturated rings. The summed E-state index contributed by atoms with van der Waals surface area (Å²) in [6, 6.07) is 10.4. The van der Waals surface area contributed by atoms with Crippen molar-refractivity contribution >= 4 is 5.91 Å². The maximum atomic E-state index is 12.4. The average molecular weight is 270 g/mol. The molecule has 1 aliphatic rings. The molecular weight excluding hydrogens is 255 g/mol. The quantitative estimate of drug-likeness (QED) is 0.768. The van der Waals surface area contributed by atoms with Gasteiger partial charge in [0.15, 0.2) is 0 Å². The highest BCUT2D eigenvalue weighted by molar-refractivity contribution is 5.82. The number of likely N-dealkylation sites (tertiary alicyclic amines) is 1. The van der Waals surface area contributed by atoms with Crippen molar-refractivity contribution in [3.63, 3.8) is 0 Å². The molecule has 1 aliphatic heterocycles. The molecular formula is C14H15F3NO. The number of halogens is 3. The molecule has 0 bridgehead atoms. The predicted molar refractivity (Wildman–Crippen MR) is 64.5 cm³/mol. The molecule has 2 rings (SSSR count). The Kier molecular flexibility index (Phi) is 3.56. The molecule has 1 aromatic carbocycles. The zero-order valence-electron chi connectivity index (χ0n) is 10.6. The van der Waals surface area contributed by atoms with E-state index in [-0.39, 0.29) is 18.5 Å². The summed E-state index contributed by atoms with van der Waals surface area (Å²) >= 11 is 0. The summed E-state index contributed by atoms with van der Waals surface area (Å²) in [5.41, 5.74) is 0.919. The van der Waals surface area contributed by atoms with Gasteiger partial charge in [-0.25, -0.2) is 0 Å². The molecule has 1 amide bonds. The van der Waals surface area contributed by atoms with Gasteiger partial charge in [0, 0.05) is 13.1 Å². The summed E-state index contributed by atoms with van der Waals surface area (Å²) in [4.78, 5) is 12.1. The van der Waals surface area contributed by atoms with Crippen LogP contribution in [0.1, 0.15) is 25.3 Å². The third-order valence-electron chi connectivity index (χ3n) is 3.81. The van der Waals surface area contributed by atoms with E-state index in [9.17, 15) is 18.0 Å². The molecule has 0 atom stereocenters. The molecule has 0 spiro atoms. The van der Waals surface area contributed by atoms with Crippen molar-refractivity contribution < 1.29 is 18.0 Å². The fourth-order valence-electron chi connectivity index (χ4n) is 2.46. The first-order valence-corrected chi connectivity index (χ1v) is 6.16. The minimum atomic E-state index is -4.77. The molecule has 103 valence electrons. The lowest BCUT2D eigenvalue weighted by atomic mass is 9.74. The standard InChI is InChI=1S/C14H15F3NO/c1-13(11-5-3-2-4-6-11)7-9-18(10-8-13)12(19)14(15,16)17/h3-6H,7-10H2,1H3. The van der Waals surface area contributed by atoms with Crippen LogP contribution in [-0.4, -0.2) is 30.1 Å². The van der Waals surface area contributed by atoms with Gasteiger partial charge < -0.3 is 4.90 Å². The van der Waals surface area contributed by atoms with Gasteiger partial charge in [-0.1, -0.05) is 31.2 Å². The van der Waals surface area contributed by atoms with Crippen LogP contribution in [-0.2, 0) is 10.2 Å². The first-order chi connectivity index (χ1) is 8.83. The summed E-state index contributed by atoms with van der Waals surface area (Å²) in [7, 11) is 0. The number of piperidine rings is 1. The van der Waals surface area contributed by atoms with Crippen LogP contribution in [0.5, 0.6) is 0 Å². The number of carbonyl (C=O) groups excluding carboxylic acids is 1. The number of hydrogen-bond donors (Lipinski definition) is 0. The minimum Gasteiger partial charge on any atom is -0.335 e. The molecule has 19 heavy (non-hydrogen) atoms. The van der Waals surface area contributed by atoms with Crippen LogP contribution in [0.4, 0.5) is 13.2 Å². The lowest BCUT2D eigenvalue weighted by Crippen LogP contribution is -2.48. The Balaban J connectivity index is 2.05. The van der Waals surface area contributed by atoms with E-state index in [0.29, 0.717) is 12.8 Å². The maximum absolute atomic E-state index is 12.4. The fraction of sp³-hybridized carbons (Fsp3) is 0.500. The third-order valence-corrected chi connectivity index (χ3v) is 3.81. The monoisotopic (exact) mass is 270 g/mol. The van der Waals surface area contributed by atoms with Gasteiger partial charge in [-0.2, -0.15) is 13.2 Å². The average Bonchev–Trinajstić information content (AvgIpc) is 2.39. The van der Waals surface area contributed by atoms with Crippen LogP contribution in [0, 0.1) is 6.07 Å².